The van der Waals surface area contributed by atoms with Crippen molar-refractivity contribution in [1.29, 1.82) is 0 Å². The van der Waals surface area contributed by atoms with Gasteiger partial charge in [-0.25, -0.2) is 0 Å². The third-order valence-electron chi connectivity index (χ3n) is 3.02. The standard InChI is InChI=1S/C16H26N2O3/c1-4-9-20-14-8-7-13(12-17)15(11-14)21-10-5-6-16(19)18(2)3/h7-8,11H,4-6,9-10,12,17H2,1-3H3. The van der Waals surface area contributed by atoms with E-state index in [2.05, 4.69) is 6.92 Å². The number of hydrogen-bond donors (Lipinski definition) is 1. The summed E-state index contributed by atoms with van der Waals surface area (Å²) in [7, 11) is 3.51. The number of amides is 1. The van der Waals surface area contributed by atoms with E-state index in [0.717, 1.165) is 23.5 Å². The molecule has 1 rings (SSSR count). The second-order valence-electron chi connectivity index (χ2n) is 5.06. The van der Waals surface area contributed by atoms with Gasteiger partial charge in [-0.3, -0.25) is 4.79 Å². The fraction of sp³-hybridized carbons (Fsp3) is 0.562. The van der Waals surface area contributed by atoms with Crippen molar-refractivity contribution >= 4 is 5.91 Å². The molecule has 5 heteroatoms. The number of benzene rings is 1. The van der Waals surface area contributed by atoms with Gasteiger partial charge in [-0.2, -0.15) is 0 Å². The highest BCUT2D eigenvalue weighted by atomic mass is 16.5. The number of nitrogens with zero attached hydrogens (tertiary/aromatic N) is 1. The Balaban J connectivity index is 2.53. The van der Waals surface area contributed by atoms with Crippen LogP contribution in [0.1, 0.15) is 31.7 Å². The molecule has 0 saturated carbocycles. The van der Waals surface area contributed by atoms with Crippen LogP contribution in [0.25, 0.3) is 0 Å². The van der Waals surface area contributed by atoms with Crippen LogP contribution in [0.5, 0.6) is 11.5 Å². The lowest BCUT2D eigenvalue weighted by Gasteiger charge is -2.14. The van der Waals surface area contributed by atoms with Crippen LogP contribution in [0.3, 0.4) is 0 Å². The van der Waals surface area contributed by atoms with E-state index < -0.39 is 0 Å². The lowest BCUT2D eigenvalue weighted by molar-refractivity contribution is -0.128. The van der Waals surface area contributed by atoms with E-state index in [-0.39, 0.29) is 5.91 Å². The van der Waals surface area contributed by atoms with E-state index >= 15 is 0 Å². The largest absolute Gasteiger partial charge is 0.493 e. The molecule has 1 aromatic rings. The number of carbonyl (C=O) groups is 1. The van der Waals surface area contributed by atoms with E-state index in [4.69, 9.17) is 15.2 Å². The molecule has 0 saturated heterocycles. The minimum atomic E-state index is 0.109. The molecule has 0 bridgehead atoms. The quantitative estimate of drug-likeness (QED) is 0.709. The van der Waals surface area contributed by atoms with Crippen LogP contribution < -0.4 is 15.2 Å². The SMILES string of the molecule is CCCOc1ccc(CN)c(OCCCC(=O)N(C)C)c1. The van der Waals surface area contributed by atoms with Crippen LogP contribution in [0.2, 0.25) is 0 Å². The predicted octanol–water partition coefficient (Wildman–Crippen LogP) is 2.18. The van der Waals surface area contributed by atoms with Crippen LogP contribution in [-0.2, 0) is 11.3 Å². The Labute approximate surface area is 127 Å². The molecule has 21 heavy (non-hydrogen) atoms. The van der Waals surface area contributed by atoms with Gasteiger partial charge in [0.15, 0.2) is 0 Å². The molecular weight excluding hydrogens is 268 g/mol. The van der Waals surface area contributed by atoms with Gasteiger partial charge < -0.3 is 20.1 Å². The fourth-order valence-electron chi connectivity index (χ4n) is 1.78. The molecule has 0 radical (unpaired) electrons. The van der Waals surface area contributed by atoms with Crippen LogP contribution in [0.4, 0.5) is 0 Å². The second-order valence-corrected chi connectivity index (χ2v) is 5.06. The van der Waals surface area contributed by atoms with Crippen molar-refractivity contribution < 1.29 is 14.3 Å². The maximum Gasteiger partial charge on any atom is 0.222 e. The predicted molar refractivity (Wildman–Crippen MR) is 83.5 cm³/mol. The molecule has 0 aliphatic rings. The molecular formula is C16H26N2O3. The van der Waals surface area contributed by atoms with Gasteiger partial charge in [0.1, 0.15) is 11.5 Å². The van der Waals surface area contributed by atoms with Crippen LogP contribution in [0.15, 0.2) is 18.2 Å². The summed E-state index contributed by atoms with van der Waals surface area (Å²) in [5.74, 6) is 1.63. The number of nitrogens with two attached hydrogens (primary N) is 1. The average molecular weight is 294 g/mol. The summed E-state index contributed by atoms with van der Waals surface area (Å²) in [5, 5.41) is 0. The van der Waals surface area contributed by atoms with E-state index in [1.807, 2.05) is 18.2 Å². The third-order valence-corrected chi connectivity index (χ3v) is 3.02. The summed E-state index contributed by atoms with van der Waals surface area (Å²) in [4.78, 5) is 13.1. The molecule has 0 fully saturated rings. The molecule has 0 aliphatic carbocycles. The minimum absolute atomic E-state index is 0.109. The summed E-state index contributed by atoms with van der Waals surface area (Å²) in [6.45, 7) is 3.65. The smallest absolute Gasteiger partial charge is 0.222 e. The summed E-state index contributed by atoms with van der Waals surface area (Å²) in [5.41, 5.74) is 6.65. The van der Waals surface area contributed by atoms with E-state index in [1.54, 1.807) is 19.0 Å². The van der Waals surface area contributed by atoms with Crippen LogP contribution in [-0.4, -0.2) is 38.1 Å². The van der Waals surface area contributed by atoms with Gasteiger partial charge in [0.25, 0.3) is 0 Å². The summed E-state index contributed by atoms with van der Waals surface area (Å²) >= 11 is 0. The number of hydrogen-bond acceptors (Lipinski definition) is 4. The Kier molecular flexibility index (Phi) is 7.61. The molecule has 0 spiro atoms. The Morgan fingerprint density at radius 3 is 2.62 bits per heavy atom. The van der Waals surface area contributed by atoms with Crippen LogP contribution >= 0.6 is 0 Å². The van der Waals surface area contributed by atoms with Gasteiger partial charge in [0.2, 0.25) is 5.91 Å². The molecule has 118 valence electrons. The third kappa shape index (κ3) is 6.04. The highest BCUT2D eigenvalue weighted by Crippen LogP contribution is 2.25. The maximum absolute atomic E-state index is 11.5. The highest BCUT2D eigenvalue weighted by molar-refractivity contribution is 5.75. The average Bonchev–Trinajstić information content (AvgIpc) is 2.49. The molecule has 1 amide bonds. The Morgan fingerprint density at radius 1 is 1.24 bits per heavy atom. The molecule has 5 nitrogen and oxygen atoms in total. The van der Waals surface area contributed by atoms with Gasteiger partial charge in [0, 0.05) is 38.7 Å². The van der Waals surface area contributed by atoms with Gasteiger partial charge >= 0.3 is 0 Å². The lowest BCUT2D eigenvalue weighted by Crippen LogP contribution is -2.21. The first-order chi connectivity index (χ1) is 10.1. The first-order valence-electron chi connectivity index (χ1n) is 7.37. The van der Waals surface area contributed by atoms with Gasteiger partial charge in [-0.1, -0.05) is 13.0 Å². The second kappa shape index (κ2) is 9.23. The molecule has 0 unspecified atom stereocenters. The van der Waals surface area contributed by atoms with Crippen molar-refractivity contribution in [1.82, 2.24) is 4.90 Å². The molecule has 0 atom stereocenters. The molecule has 2 N–H and O–H groups in total. The van der Waals surface area contributed by atoms with Crippen molar-refractivity contribution in [2.75, 3.05) is 27.3 Å². The maximum atomic E-state index is 11.5. The first-order valence-corrected chi connectivity index (χ1v) is 7.37. The van der Waals surface area contributed by atoms with Crippen molar-refractivity contribution in [2.45, 2.75) is 32.7 Å². The fourth-order valence-corrected chi connectivity index (χ4v) is 1.78. The summed E-state index contributed by atoms with van der Waals surface area (Å²) < 4.78 is 11.3. The van der Waals surface area contributed by atoms with Crippen molar-refractivity contribution in [3.8, 4) is 11.5 Å². The highest BCUT2D eigenvalue weighted by Gasteiger charge is 2.07. The van der Waals surface area contributed by atoms with E-state index in [0.29, 0.717) is 32.6 Å². The summed E-state index contributed by atoms with van der Waals surface area (Å²) in [6, 6.07) is 5.69. The Hall–Kier alpha value is -1.75. The zero-order valence-electron chi connectivity index (χ0n) is 13.2. The minimum Gasteiger partial charge on any atom is -0.493 e. The molecule has 0 heterocycles. The Bertz CT molecular complexity index is 447. The van der Waals surface area contributed by atoms with Gasteiger partial charge in [0.05, 0.1) is 13.2 Å². The van der Waals surface area contributed by atoms with Crippen molar-refractivity contribution in [2.24, 2.45) is 5.73 Å². The first kappa shape index (κ1) is 17.3. The van der Waals surface area contributed by atoms with Crippen molar-refractivity contribution in [3.05, 3.63) is 23.8 Å². The molecule has 0 aromatic heterocycles. The van der Waals surface area contributed by atoms with E-state index in [9.17, 15) is 4.79 Å². The molecule has 1 aromatic carbocycles. The zero-order valence-corrected chi connectivity index (χ0v) is 13.2. The lowest BCUT2D eigenvalue weighted by atomic mass is 10.2. The van der Waals surface area contributed by atoms with Crippen LogP contribution in [0, 0.1) is 0 Å². The summed E-state index contributed by atoms with van der Waals surface area (Å²) in [6.07, 6.45) is 2.12. The van der Waals surface area contributed by atoms with Crippen molar-refractivity contribution in [3.63, 3.8) is 0 Å². The number of rotatable bonds is 9. The topological polar surface area (TPSA) is 64.8 Å². The zero-order chi connectivity index (χ0) is 15.7. The normalized spacial score (nSPS) is 10.3. The Morgan fingerprint density at radius 2 is 2.00 bits per heavy atom. The number of ether oxygens (including phenoxy) is 2. The van der Waals surface area contributed by atoms with Gasteiger partial charge in [-0.05, 0) is 18.9 Å². The number of carbonyl (C=O) groups excluding carboxylic acids is 1. The van der Waals surface area contributed by atoms with Gasteiger partial charge in [-0.15, -0.1) is 0 Å². The van der Waals surface area contributed by atoms with E-state index in [1.165, 1.54) is 0 Å². The monoisotopic (exact) mass is 294 g/mol. The molecule has 0 aliphatic heterocycles.